The summed E-state index contributed by atoms with van der Waals surface area (Å²) in [5, 5.41) is 9.51. The Labute approximate surface area is 189 Å². The van der Waals surface area contributed by atoms with Crippen LogP contribution in [0.4, 0.5) is 11.5 Å². The molecule has 0 unspecified atom stereocenters. The third-order valence-electron chi connectivity index (χ3n) is 4.86. The Hall–Kier alpha value is -2.46. The molecule has 0 saturated heterocycles. The van der Waals surface area contributed by atoms with Gasteiger partial charge in [-0.3, -0.25) is 4.79 Å². The van der Waals surface area contributed by atoms with E-state index in [-0.39, 0.29) is 16.4 Å². The fraction of sp³-hybridized carbons (Fsp3) is 0.190. The standard InChI is InChI=1S/C21H19ClN4O3S2/c22-14-6-4-13(5-7-14)19(27)12-30-21-25-18-3-1-2-17(18)20(26-21)24-15-8-10-16(11-9-15)31(23,28)29/h4-11H,1-3,12H2,(H2,23,28,29)(H,24,25,26). The maximum absolute atomic E-state index is 12.5. The van der Waals surface area contributed by atoms with Crippen molar-refractivity contribution in [2.24, 2.45) is 5.14 Å². The molecule has 1 aliphatic rings. The number of rotatable bonds is 7. The van der Waals surface area contributed by atoms with Gasteiger partial charge >= 0.3 is 0 Å². The normalized spacial score (nSPS) is 13.1. The van der Waals surface area contributed by atoms with Gasteiger partial charge in [0.2, 0.25) is 10.0 Å². The maximum atomic E-state index is 12.5. The second-order valence-electron chi connectivity index (χ2n) is 7.05. The highest BCUT2D eigenvalue weighted by atomic mass is 35.5. The fourth-order valence-corrected chi connectivity index (χ4v) is 4.69. The Kier molecular flexibility index (Phi) is 6.29. The van der Waals surface area contributed by atoms with Gasteiger partial charge in [-0.15, -0.1) is 0 Å². The molecule has 1 aromatic heterocycles. The van der Waals surface area contributed by atoms with E-state index in [1.54, 1.807) is 36.4 Å². The lowest BCUT2D eigenvalue weighted by Crippen LogP contribution is -2.12. The molecule has 160 valence electrons. The smallest absolute Gasteiger partial charge is 0.238 e. The number of hydrogen-bond acceptors (Lipinski definition) is 7. The number of ketones is 1. The third kappa shape index (κ3) is 5.24. The summed E-state index contributed by atoms with van der Waals surface area (Å²) < 4.78 is 22.9. The van der Waals surface area contributed by atoms with E-state index in [2.05, 4.69) is 15.3 Å². The highest BCUT2D eigenvalue weighted by molar-refractivity contribution is 7.99. The average molecular weight is 475 g/mol. The van der Waals surface area contributed by atoms with E-state index in [1.807, 2.05) is 0 Å². The quantitative estimate of drug-likeness (QED) is 0.302. The molecule has 0 atom stereocenters. The van der Waals surface area contributed by atoms with Crippen LogP contribution in [0.2, 0.25) is 5.02 Å². The van der Waals surface area contributed by atoms with Crippen molar-refractivity contribution < 1.29 is 13.2 Å². The molecule has 31 heavy (non-hydrogen) atoms. The Balaban J connectivity index is 1.52. The number of Topliss-reactive ketones (excluding diaryl/α,β-unsaturated/α-hetero) is 1. The predicted octanol–water partition coefficient (Wildman–Crippen LogP) is 3.98. The van der Waals surface area contributed by atoms with Crippen LogP contribution in [-0.2, 0) is 22.9 Å². The van der Waals surface area contributed by atoms with E-state index < -0.39 is 10.0 Å². The zero-order valence-corrected chi connectivity index (χ0v) is 18.7. The molecule has 10 heteroatoms. The topological polar surface area (TPSA) is 115 Å². The first-order valence-electron chi connectivity index (χ1n) is 9.51. The molecule has 0 spiro atoms. The SMILES string of the molecule is NS(=O)(=O)c1ccc(Nc2nc(SCC(=O)c3ccc(Cl)cc3)nc3c2CCC3)cc1. The first-order chi connectivity index (χ1) is 14.8. The minimum atomic E-state index is -3.75. The van der Waals surface area contributed by atoms with E-state index >= 15 is 0 Å². The molecule has 0 bridgehead atoms. The minimum Gasteiger partial charge on any atom is -0.340 e. The summed E-state index contributed by atoms with van der Waals surface area (Å²) in [4.78, 5) is 21.7. The number of aryl methyl sites for hydroxylation is 1. The molecule has 0 amide bonds. The zero-order chi connectivity index (χ0) is 22.0. The van der Waals surface area contributed by atoms with Crippen LogP contribution in [0.1, 0.15) is 28.0 Å². The number of benzene rings is 2. The molecule has 0 aliphatic heterocycles. The summed E-state index contributed by atoms with van der Waals surface area (Å²) in [6.07, 6.45) is 2.71. The average Bonchev–Trinajstić information content (AvgIpc) is 3.21. The second kappa shape index (κ2) is 8.96. The molecule has 3 N–H and O–H groups in total. The number of anilines is 2. The number of thioether (sulfide) groups is 1. The highest BCUT2D eigenvalue weighted by Crippen LogP contribution is 2.31. The van der Waals surface area contributed by atoms with Crippen molar-refractivity contribution in [3.63, 3.8) is 0 Å². The van der Waals surface area contributed by atoms with Crippen molar-refractivity contribution >= 4 is 50.7 Å². The molecule has 3 aromatic rings. The van der Waals surface area contributed by atoms with Crippen LogP contribution in [0, 0.1) is 0 Å². The second-order valence-corrected chi connectivity index (χ2v) is 9.99. The van der Waals surface area contributed by atoms with Gasteiger partial charge in [0, 0.05) is 21.8 Å². The van der Waals surface area contributed by atoms with Crippen molar-refractivity contribution in [1.29, 1.82) is 0 Å². The van der Waals surface area contributed by atoms with Gasteiger partial charge in [-0.2, -0.15) is 0 Å². The number of fused-ring (bicyclic) bond motifs is 1. The van der Waals surface area contributed by atoms with Crippen LogP contribution < -0.4 is 10.5 Å². The molecule has 7 nitrogen and oxygen atoms in total. The number of sulfonamides is 1. The van der Waals surface area contributed by atoms with Gasteiger partial charge in [-0.05, 0) is 67.8 Å². The van der Waals surface area contributed by atoms with Crippen LogP contribution in [0.15, 0.2) is 58.6 Å². The molecule has 0 fully saturated rings. The van der Waals surface area contributed by atoms with Crippen molar-refractivity contribution in [3.05, 3.63) is 70.4 Å². The van der Waals surface area contributed by atoms with Crippen LogP contribution in [-0.4, -0.2) is 29.9 Å². The van der Waals surface area contributed by atoms with E-state index in [9.17, 15) is 13.2 Å². The molecular formula is C21H19ClN4O3S2. The number of hydrogen-bond donors (Lipinski definition) is 2. The number of carbonyl (C=O) groups excluding carboxylic acids is 1. The Morgan fingerprint density at radius 3 is 2.45 bits per heavy atom. The number of aromatic nitrogens is 2. The number of primary sulfonamides is 1. The largest absolute Gasteiger partial charge is 0.340 e. The monoisotopic (exact) mass is 474 g/mol. The van der Waals surface area contributed by atoms with Gasteiger partial charge in [-0.25, -0.2) is 23.5 Å². The molecule has 0 radical (unpaired) electrons. The Bertz CT molecular complexity index is 1230. The lowest BCUT2D eigenvalue weighted by molar-refractivity contribution is 0.102. The third-order valence-corrected chi connectivity index (χ3v) is 6.89. The van der Waals surface area contributed by atoms with Gasteiger partial charge in [-0.1, -0.05) is 23.4 Å². The molecule has 4 rings (SSSR count). The minimum absolute atomic E-state index is 0.0288. The summed E-state index contributed by atoms with van der Waals surface area (Å²) in [6.45, 7) is 0. The molecule has 0 saturated carbocycles. The van der Waals surface area contributed by atoms with Crippen LogP contribution >= 0.6 is 23.4 Å². The summed E-state index contributed by atoms with van der Waals surface area (Å²) >= 11 is 7.16. The number of nitrogens with zero attached hydrogens (tertiary/aromatic N) is 2. The van der Waals surface area contributed by atoms with Crippen molar-refractivity contribution in [1.82, 2.24) is 9.97 Å². The van der Waals surface area contributed by atoms with Gasteiger partial charge in [0.25, 0.3) is 0 Å². The summed E-state index contributed by atoms with van der Waals surface area (Å²) in [7, 11) is -3.75. The van der Waals surface area contributed by atoms with Crippen molar-refractivity contribution in [2.45, 2.75) is 29.3 Å². The number of halogens is 1. The lowest BCUT2D eigenvalue weighted by atomic mass is 10.1. The summed E-state index contributed by atoms with van der Waals surface area (Å²) in [5.74, 6) is 0.856. The maximum Gasteiger partial charge on any atom is 0.238 e. The Morgan fingerprint density at radius 1 is 1.06 bits per heavy atom. The van der Waals surface area contributed by atoms with E-state index in [0.717, 1.165) is 30.5 Å². The first-order valence-corrected chi connectivity index (χ1v) is 12.4. The van der Waals surface area contributed by atoms with Gasteiger partial charge in [0.05, 0.1) is 16.3 Å². The fourth-order valence-electron chi connectivity index (χ4n) is 3.29. The van der Waals surface area contributed by atoms with Crippen molar-refractivity contribution in [2.75, 3.05) is 11.1 Å². The molecule has 1 heterocycles. The zero-order valence-electron chi connectivity index (χ0n) is 16.3. The van der Waals surface area contributed by atoms with Crippen LogP contribution in [0.25, 0.3) is 0 Å². The van der Waals surface area contributed by atoms with Gasteiger partial charge in [0.1, 0.15) is 5.82 Å². The summed E-state index contributed by atoms with van der Waals surface area (Å²) in [5.41, 5.74) is 3.30. The van der Waals surface area contributed by atoms with E-state index in [1.165, 1.54) is 23.9 Å². The van der Waals surface area contributed by atoms with Gasteiger partial charge < -0.3 is 5.32 Å². The molecule has 2 aromatic carbocycles. The van der Waals surface area contributed by atoms with Crippen LogP contribution in [0.3, 0.4) is 0 Å². The lowest BCUT2D eigenvalue weighted by Gasteiger charge is -2.12. The predicted molar refractivity (Wildman–Crippen MR) is 122 cm³/mol. The number of nitrogens with one attached hydrogen (secondary N) is 1. The molecular weight excluding hydrogens is 456 g/mol. The molecule has 1 aliphatic carbocycles. The van der Waals surface area contributed by atoms with Gasteiger partial charge in [0.15, 0.2) is 10.9 Å². The van der Waals surface area contributed by atoms with Crippen LogP contribution in [0.5, 0.6) is 0 Å². The highest BCUT2D eigenvalue weighted by Gasteiger charge is 2.20. The number of nitrogens with two attached hydrogens (primary N) is 1. The van der Waals surface area contributed by atoms with E-state index in [0.29, 0.717) is 27.2 Å². The number of carbonyl (C=O) groups is 1. The summed E-state index contributed by atoms with van der Waals surface area (Å²) in [6, 6.07) is 12.9. The Morgan fingerprint density at radius 2 is 1.77 bits per heavy atom. The van der Waals surface area contributed by atoms with E-state index in [4.69, 9.17) is 16.7 Å². The first kappa shape index (κ1) is 21.8. The van der Waals surface area contributed by atoms with Crippen molar-refractivity contribution in [3.8, 4) is 0 Å².